The fraction of sp³-hybridized carbons (Fsp3) is 0.400. The second-order valence-electron chi connectivity index (χ2n) is 1.73. The van der Waals surface area contributed by atoms with E-state index in [-0.39, 0.29) is 0 Å². The molecule has 5 heteroatoms. The zero-order valence-electron chi connectivity index (χ0n) is 5.43. The molecule has 0 atom stereocenters. The van der Waals surface area contributed by atoms with Crippen molar-refractivity contribution in [2.75, 3.05) is 7.11 Å². The molecule has 0 fully saturated rings. The van der Waals surface area contributed by atoms with Crippen LogP contribution in [0.15, 0.2) is 9.98 Å². The quantitative estimate of drug-likeness (QED) is 0.808. The standard InChI is InChI=1S/C5H7BrN2OS/c1-9-3-8-2-4(6)10-5(8)7/h2,7H,3H2,1H3. The minimum atomic E-state index is 0.445. The third-order valence-electron chi connectivity index (χ3n) is 0.981. The van der Waals surface area contributed by atoms with Crippen LogP contribution in [0.25, 0.3) is 0 Å². The Hall–Kier alpha value is -0.130. The molecule has 0 spiro atoms. The summed E-state index contributed by atoms with van der Waals surface area (Å²) in [6.07, 6.45) is 1.83. The zero-order valence-corrected chi connectivity index (χ0v) is 7.83. The van der Waals surface area contributed by atoms with Crippen molar-refractivity contribution >= 4 is 27.3 Å². The van der Waals surface area contributed by atoms with E-state index in [1.165, 1.54) is 11.3 Å². The Morgan fingerprint density at radius 2 is 2.60 bits per heavy atom. The first kappa shape index (κ1) is 7.97. The summed E-state index contributed by atoms with van der Waals surface area (Å²) in [6, 6.07) is 0. The normalized spacial score (nSPS) is 10.2. The molecule has 10 heavy (non-hydrogen) atoms. The van der Waals surface area contributed by atoms with Crippen LogP contribution in [0.3, 0.4) is 0 Å². The molecule has 0 amide bonds. The second kappa shape index (κ2) is 3.32. The summed E-state index contributed by atoms with van der Waals surface area (Å²) in [4.78, 5) is 0.494. The number of hydrogen-bond donors (Lipinski definition) is 1. The van der Waals surface area contributed by atoms with E-state index in [9.17, 15) is 0 Å². The van der Waals surface area contributed by atoms with Gasteiger partial charge in [-0.3, -0.25) is 9.98 Å². The van der Waals surface area contributed by atoms with Gasteiger partial charge in [0.1, 0.15) is 6.73 Å². The van der Waals surface area contributed by atoms with E-state index in [1.54, 1.807) is 11.7 Å². The summed E-state index contributed by atoms with van der Waals surface area (Å²) in [7, 11) is 1.61. The van der Waals surface area contributed by atoms with Crippen molar-refractivity contribution in [3.8, 4) is 0 Å². The van der Waals surface area contributed by atoms with Crippen molar-refractivity contribution in [1.82, 2.24) is 4.57 Å². The van der Waals surface area contributed by atoms with E-state index in [2.05, 4.69) is 15.9 Å². The fourth-order valence-electron chi connectivity index (χ4n) is 0.593. The molecule has 1 heterocycles. The number of ether oxygens (including phenoxy) is 1. The van der Waals surface area contributed by atoms with Crippen LogP contribution in [0.4, 0.5) is 0 Å². The lowest BCUT2D eigenvalue weighted by molar-refractivity contribution is 0.128. The van der Waals surface area contributed by atoms with E-state index >= 15 is 0 Å². The Morgan fingerprint density at radius 3 is 3.00 bits per heavy atom. The maximum Gasteiger partial charge on any atom is 0.184 e. The number of methoxy groups -OCH3 is 1. The lowest BCUT2D eigenvalue weighted by Gasteiger charge is -1.96. The third-order valence-corrected chi connectivity index (χ3v) is 2.40. The van der Waals surface area contributed by atoms with Gasteiger partial charge in [-0.1, -0.05) is 11.3 Å². The Kier molecular flexibility index (Phi) is 2.64. The van der Waals surface area contributed by atoms with Gasteiger partial charge in [-0.2, -0.15) is 0 Å². The average Bonchev–Trinajstić information content (AvgIpc) is 2.13. The summed E-state index contributed by atoms with van der Waals surface area (Å²) < 4.78 is 7.52. The molecule has 0 aliphatic carbocycles. The molecule has 0 bridgehead atoms. The topological polar surface area (TPSA) is 38.0 Å². The minimum absolute atomic E-state index is 0.445. The molecule has 56 valence electrons. The van der Waals surface area contributed by atoms with Crippen LogP contribution in [0.1, 0.15) is 0 Å². The molecular formula is C5H7BrN2OS. The minimum Gasteiger partial charge on any atom is -0.364 e. The first-order valence-electron chi connectivity index (χ1n) is 2.63. The largest absolute Gasteiger partial charge is 0.364 e. The van der Waals surface area contributed by atoms with E-state index in [0.29, 0.717) is 11.5 Å². The lowest BCUT2D eigenvalue weighted by atomic mass is 10.9. The maximum absolute atomic E-state index is 7.37. The van der Waals surface area contributed by atoms with Gasteiger partial charge in [0.15, 0.2) is 4.80 Å². The van der Waals surface area contributed by atoms with Crippen molar-refractivity contribution in [2.24, 2.45) is 0 Å². The van der Waals surface area contributed by atoms with Crippen molar-refractivity contribution in [3.05, 3.63) is 14.8 Å². The van der Waals surface area contributed by atoms with Gasteiger partial charge >= 0.3 is 0 Å². The van der Waals surface area contributed by atoms with Crippen LogP contribution in [0, 0.1) is 5.41 Å². The lowest BCUT2D eigenvalue weighted by Crippen LogP contribution is -2.12. The third kappa shape index (κ3) is 1.68. The van der Waals surface area contributed by atoms with Gasteiger partial charge < -0.3 is 4.74 Å². The van der Waals surface area contributed by atoms with Gasteiger partial charge in [0, 0.05) is 13.3 Å². The number of thiazole rings is 1. The Labute approximate surface area is 70.9 Å². The van der Waals surface area contributed by atoms with E-state index < -0.39 is 0 Å². The van der Waals surface area contributed by atoms with E-state index in [0.717, 1.165) is 3.79 Å². The van der Waals surface area contributed by atoms with Crippen molar-refractivity contribution in [1.29, 1.82) is 5.41 Å². The van der Waals surface area contributed by atoms with Gasteiger partial charge in [0.25, 0.3) is 0 Å². The number of hydrogen-bond acceptors (Lipinski definition) is 3. The van der Waals surface area contributed by atoms with Gasteiger partial charge in [0.05, 0.1) is 3.79 Å². The highest BCUT2D eigenvalue weighted by atomic mass is 79.9. The number of nitrogens with zero attached hydrogens (tertiary/aromatic N) is 1. The van der Waals surface area contributed by atoms with E-state index in [1.807, 2.05) is 6.20 Å². The van der Waals surface area contributed by atoms with Crippen LogP contribution in [0.5, 0.6) is 0 Å². The predicted molar refractivity (Wildman–Crippen MR) is 42.9 cm³/mol. The molecule has 3 nitrogen and oxygen atoms in total. The fourth-order valence-corrected chi connectivity index (χ4v) is 1.89. The summed E-state index contributed by atoms with van der Waals surface area (Å²) in [5.41, 5.74) is 0. The van der Waals surface area contributed by atoms with Gasteiger partial charge in [-0.05, 0) is 15.9 Å². The molecule has 0 radical (unpaired) electrons. The van der Waals surface area contributed by atoms with Gasteiger partial charge in [-0.15, -0.1) is 0 Å². The average molecular weight is 223 g/mol. The second-order valence-corrected chi connectivity index (χ2v) is 4.14. The van der Waals surface area contributed by atoms with Crippen molar-refractivity contribution in [3.63, 3.8) is 0 Å². The Morgan fingerprint density at radius 1 is 1.90 bits per heavy atom. The summed E-state index contributed by atoms with van der Waals surface area (Å²) in [5, 5.41) is 7.37. The number of halogens is 1. The number of nitrogens with one attached hydrogen (secondary N) is 1. The van der Waals surface area contributed by atoms with Gasteiger partial charge in [-0.25, -0.2) is 0 Å². The van der Waals surface area contributed by atoms with Gasteiger partial charge in [0.2, 0.25) is 0 Å². The molecule has 0 aliphatic rings. The molecule has 1 aromatic rings. The van der Waals surface area contributed by atoms with Crippen LogP contribution in [0.2, 0.25) is 0 Å². The molecule has 0 unspecified atom stereocenters. The van der Waals surface area contributed by atoms with E-state index in [4.69, 9.17) is 10.1 Å². The Balaban J connectivity index is 2.92. The highest BCUT2D eigenvalue weighted by molar-refractivity contribution is 9.11. The molecule has 0 aliphatic heterocycles. The summed E-state index contributed by atoms with van der Waals surface area (Å²) in [6.45, 7) is 0.445. The van der Waals surface area contributed by atoms with Crippen LogP contribution < -0.4 is 4.80 Å². The first-order chi connectivity index (χ1) is 4.74. The molecule has 1 rings (SSSR count). The molecule has 0 aromatic carbocycles. The molecule has 0 saturated carbocycles. The predicted octanol–water partition coefficient (Wildman–Crippen LogP) is 1.40. The summed E-state index contributed by atoms with van der Waals surface area (Å²) in [5.74, 6) is 0. The number of rotatable bonds is 2. The number of aromatic nitrogens is 1. The summed E-state index contributed by atoms with van der Waals surface area (Å²) >= 11 is 4.65. The van der Waals surface area contributed by atoms with Crippen LogP contribution in [-0.2, 0) is 11.5 Å². The highest BCUT2D eigenvalue weighted by Crippen LogP contribution is 2.11. The maximum atomic E-state index is 7.37. The van der Waals surface area contributed by atoms with Crippen LogP contribution >= 0.6 is 27.3 Å². The molecule has 0 saturated heterocycles. The SMILES string of the molecule is COCn1cc(Br)sc1=N. The Bertz CT molecular complexity index is 267. The first-order valence-corrected chi connectivity index (χ1v) is 4.24. The molecular weight excluding hydrogens is 216 g/mol. The highest BCUT2D eigenvalue weighted by Gasteiger charge is 1.95. The van der Waals surface area contributed by atoms with Crippen molar-refractivity contribution < 1.29 is 4.74 Å². The monoisotopic (exact) mass is 222 g/mol. The smallest absolute Gasteiger partial charge is 0.184 e. The molecule has 1 N–H and O–H groups in total. The zero-order chi connectivity index (χ0) is 7.56. The van der Waals surface area contributed by atoms with Crippen molar-refractivity contribution in [2.45, 2.75) is 6.73 Å². The van der Waals surface area contributed by atoms with Crippen LogP contribution in [-0.4, -0.2) is 11.7 Å². The molecule has 1 aromatic heterocycles.